The molecule has 0 saturated heterocycles. The van der Waals surface area contributed by atoms with Crippen molar-refractivity contribution < 1.29 is 23.5 Å². The summed E-state index contributed by atoms with van der Waals surface area (Å²) in [4.78, 5) is 26.0. The number of methoxy groups -OCH3 is 1. The monoisotopic (exact) mass is 449 g/mol. The average molecular weight is 450 g/mol. The van der Waals surface area contributed by atoms with Gasteiger partial charge in [-0.3, -0.25) is 4.79 Å². The van der Waals surface area contributed by atoms with Crippen molar-refractivity contribution in [3.05, 3.63) is 94.8 Å². The predicted octanol–water partition coefficient (Wildman–Crippen LogP) is 5.68. The molecular weight excluding hydrogens is 421 g/mol. The molecule has 0 bridgehead atoms. The lowest BCUT2D eigenvalue weighted by molar-refractivity contribution is -0.139. The summed E-state index contributed by atoms with van der Waals surface area (Å²) in [5.41, 5.74) is 4.76. The molecule has 3 aromatic carbocycles. The molecule has 3 aromatic rings. The standard InChI is InChI=1S/C27H28FNO4/c1-4-29(27(31)33-18-20-8-6-5-7-9-20)17-23-14-19(2)10-12-24(23)21-11-13-25(28)22(15-21)16-26(30)32-3/h5-15H,4,16-18H2,1-3H3. The van der Waals surface area contributed by atoms with Gasteiger partial charge in [-0.2, -0.15) is 0 Å². The molecule has 0 N–H and O–H groups in total. The average Bonchev–Trinajstić information content (AvgIpc) is 2.83. The lowest BCUT2D eigenvalue weighted by atomic mass is 9.95. The van der Waals surface area contributed by atoms with Crippen LogP contribution in [0.25, 0.3) is 11.1 Å². The van der Waals surface area contributed by atoms with E-state index in [-0.39, 0.29) is 18.6 Å². The third-order valence-corrected chi connectivity index (χ3v) is 5.39. The topological polar surface area (TPSA) is 55.8 Å². The number of hydrogen-bond donors (Lipinski definition) is 0. The van der Waals surface area contributed by atoms with E-state index in [1.807, 2.05) is 62.4 Å². The molecule has 3 rings (SSSR count). The second kappa shape index (κ2) is 11.3. The van der Waals surface area contributed by atoms with Crippen LogP contribution in [0, 0.1) is 12.7 Å². The van der Waals surface area contributed by atoms with Crippen LogP contribution < -0.4 is 0 Å². The predicted molar refractivity (Wildman–Crippen MR) is 125 cm³/mol. The maximum atomic E-state index is 14.3. The fourth-order valence-corrected chi connectivity index (χ4v) is 3.56. The molecule has 0 aliphatic heterocycles. The van der Waals surface area contributed by atoms with Crippen LogP contribution in [0.1, 0.15) is 29.2 Å². The molecule has 1 amide bonds. The maximum Gasteiger partial charge on any atom is 0.410 e. The third kappa shape index (κ3) is 6.42. The lowest BCUT2D eigenvalue weighted by Crippen LogP contribution is -2.31. The molecule has 0 aromatic heterocycles. The van der Waals surface area contributed by atoms with E-state index in [4.69, 9.17) is 4.74 Å². The number of carbonyl (C=O) groups is 2. The number of rotatable bonds is 8. The molecule has 0 heterocycles. The van der Waals surface area contributed by atoms with Crippen LogP contribution in [-0.2, 0) is 33.8 Å². The zero-order valence-corrected chi connectivity index (χ0v) is 19.1. The first-order chi connectivity index (χ1) is 15.9. The Kier molecular flexibility index (Phi) is 8.19. The molecule has 0 radical (unpaired) electrons. The number of esters is 1. The second-order valence-electron chi connectivity index (χ2n) is 7.77. The summed E-state index contributed by atoms with van der Waals surface area (Å²) in [5, 5.41) is 0. The van der Waals surface area contributed by atoms with Crippen molar-refractivity contribution in [3.63, 3.8) is 0 Å². The Labute approximate surface area is 193 Å². The molecule has 0 saturated carbocycles. The van der Waals surface area contributed by atoms with Crippen LogP contribution in [0.3, 0.4) is 0 Å². The highest BCUT2D eigenvalue weighted by Gasteiger charge is 2.18. The normalized spacial score (nSPS) is 10.5. The molecule has 172 valence electrons. The van der Waals surface area contributed by atoms with Crippen LogP contribution in [0.15, 0.2) is 66.7 Å². The number of aryl methyl sites for hydroxylation is 1. The highest BCUT2D eigenvalue weighted by atomic mass is 19.1. The van der Waals surface area contributed by atoms with Crippen molar-refractivity contribution in [2.45, 2.75) is 33.4 Å². The smallest absolute Gasteiger partial charge is 0.410 e. The minimum Gasteiger partial charge on any atom is -0.469 e. The fraction of sp³-hybridized carbons (Fsp3) is 0.259. The van der Waals surface area contributed by atoms with E-state index in [2.05, 4.69) is 4.74 Å². The SMILES string of the molecule is CCN(Cc1cc(C)ccc1-c1ccc(F)c(CC(=O)OC)c1)C(=O)OCc1ccccc1. The van der Waals surface area contributed by atoms with Gasteiger partial charge in [0.2, 0.25) is 0 Å². The number of amides is 1. The number of nitrogens with zero attached hydrogens (tertiary/aromatic N) is 1. The van der Waals surface area contributed by atoms with Gasteiger partial charge >= 0.3 is 12.1 Å². The van der Waals surface area contributed by atoms with Gasteiger partial charge in [-0.1, -0.05) is 60.2 Å². The van der Waals surface area contributed by atoms with Gasteiger partial charge in [0.15, 0.2) is 0 Å². The van der Waals surface area contributed by atoms with E-state index in [1.165, 1.54) is 13.2 Å². The third-order valence-electron chi connectivity index (χ3n) is 5.39. The molecule has 0 fully saturated rings. The largest absolute Gasteiger partial charge is 0.469 e. The highest BCUT2D eigenvalue weighted by molar-refractivity contribution is 5.75. The molecule has 0 unspecified atom stereocenters. The zero-order valence-electron chi connectivity index (χ0n) is 19.1. The Hall–Kier alpha value is -3.67. The van der Waals surface area contributed by atoms with Gasteiger partial charge < -0.3 is 14.4 Å². The second-order valence-corrected chi connectivity index (χ2v) is 7.77. The summed E-state index contributed by atoms with van der Waals surface area (Å²) in [7, 11) is 1.28. The van der Waals surface area contributed by atoms with Crippen molar-refractivity contribution in [2.75, 3.05) is 13.7 Å². The van der Waals surface area contributed by atoms with E-state index >= 15 is 0 Å². The van der Waals surface area contributed by atoms with Gasteiger partial charge in [0.1, 0.15) is 12.4 Å². The summed E-state index contributed by atoms with van der Waals surface area (Å²) < 4.78 is 24.4. The minimum atomic E-state index is -0.506. The molecule has 6 heteroatoms. The van der Waals surface area contributed by atoms with Gasteiger partial charge in [0, 0.05) is 13.1 Å². The van der Waals surface area contributed by atoms with Crippen molar-refractivity contribution in [1.82, 2.24) is 4.90 Å². The van der Waals surface area contributed by atoms with Crippen molar-refractivity contribution >= 4 is 12.1 Å². The molecule has 0 spiro atoms. The molecular formula is C27H28FNO4. The van der Waals surface area contributed by atoms with Gasteiger partial charge in [0.05, 0.1) is 13.5 Å². The maximum absolute atomic E-state index is 14.3. The quantitative estimate of drug-likeness (QED) is 0.416. The van der Waals surface area contributed by atoms with E-state index in [0.717, 1.165) is 27.8 Å². The lowest BCUT2D eigenvalue weighted by Gasteiger charge is -2.22. The van der Waals surface area contributed by atoms with E-state index in [1.54, 1.807) is 17.0 Å². The molecule has 0 aliphatic rings. The Morgan fingerprint density at radius 1 is 0.970 bits per heavy atom. The Morgan fingerprint density at radius 3 is 2.42 bits per heavy atom. The summed E-state index contributed by atoms with van der Waals surface area (Å²) in [6.07, 6.45) is -0.552. The summed E-state index contributed by atoms with van der Waals surface area (Å²) in [5.74, 6) is -0.967. The van der Waals surface area contributed by atoms with Crippen LogP contribution >= 0.6 is 0 Å². The number of carbonyl (C=O) groups excluding carboxylic acids is 2. The van der Waals surface area contributed by atoms with Gasteiger partial charge in [-0.25, -0.2) is 9.18 Å². The van der Waals surface area contributed by atoms with Crippen LogP contribution in [0.4, 0.5) is 9.18 Å². The Morgan fingerprint density at radius 2 is 1.73 bits per heavy atom. The van der Waals surface area contributed by atoms with Gasteiger partial charge in [0.25, 0.3) is 0 Å². The zero-order chi connectivity index (χ0) is 23.8. The highest BCUT2D eigenvalue weighted by Crippen LogP contribution is 2.28. The first-order valence-corrected chi connectivity index (χ1v) is 10.8. The summed E-state index contributed by atoms with van der Waals surface area (Å²) in [6, 6.07) is 20.1. The van der Waals surface area contributed by atoms with Gasteiger partial charge in [-0.05, 0) is 53.8 Å². The van der Waals surface area contributed by atoms with Crippen molar-refractivity contribution in [3.8, 4) is 11.1 Å². The molecule has 5 nitrogen and oxygen atoms in total. The van der Waals surface area contributed by atoms with E-state index in [9.17, 15) is 14.0 Å². The fourth-order valence-electron chi connectivity index (χ4n) is 3.56. The van der Waals surface area contributed by atoms with Crippen LogP contribution in [-0.4, -0.2) is 30.6 Å². The minimum absolute atomic E-state index is 0.149. The molecule has 33 heavy (non-hydrogen) atoms. The number of halogens is 1. The van der Waals surface area contributed by atoms with E-state index < -0.39 is 17.9 Å². The number of ether oxygens (including phenoxy) is 2. The number of hydrogen-bond acceptors (Lipinski definition) is 4. The first kappa shape index (κ1) is 24.0. The summed E-state index contributed by atoms with van der Waals surface area (Å²) in [6.45, 7) is 4.88. The number of benzene rings is 3. The Balaban J connectivity index is 1.84. The summed E-state index contributed by atoms with van der Waals surface area (Å²) >= 11 is 0. The van der Waals surface area contributed by atoms with Crippen molar-refractivity contribution in [1.29, 1.82) is 0 Å². The molecule has 0 atom stereocenters. The van der Waals surface area contributed by atoms with Crippen LogP contribution in [0.5, 0.6) is 0 Å². The van der Waals surface area contributed by atoms with Crippen molar-refractivity contribution in [2.24, 2.45) is 0 Å². The Bertz CT molecular complexity index is 1110. The first-order valence-electron chi connectivity index (χ1n) is 10.8. The van der Waals surface area contributed by atoms with Gasteiger partial charge in [-0.15, -0.1) is 0 Å². The molecule has 0 aliphatic carbocycles. The van der Waals surface area contributed by atoms with Crippen LogP contribution in [0.2, 0.25) is 0 Å². The van der Waals surface area contributed by atoms with E-state index in [0.29, 0.717) is 13.1 Å².